The first-order valence-corrected chi connectivity index (χ1v) is 16.5. The summed E-state index contributed by atoms with van der Waals surface area (Å²) in [7, 11) is -3.34. The zero-order valence-corrected chi connectivity index (χ0v) is 25.9. The summed E-state index contributed by atoms with van der Waals surface area (Å²) in [5.41, 5.74) is 2.09. The summed E-state index contributed by atoms with van der Waals surface area (Å²) in [6.07, 6.45) is 2.59. The second kappa shape index (κ2) is 11.4. The Hall–Kier alpha value is -2.75. The third kappa shape index (κ3) is 5.63. The number of anilines is 1. The Labute approximate surface area is 259 Å². The molecule has 0 radical (unpaired) electrons. The summed E-state index contributed by atoms with van der Waals surface area (Å²) in [6.45, 7) is 2.57. The lowest BCUT2D eigenvalue weighted by molar-refractivity contribution is 0.00758. The first-order valence-electron chi connectivity index (χ1n) is 13.8. The van der Waals surface area contributed by atoms with E-state index in [1.165, 1.54) is 0 Å². The molecule has 11 heteroatoms. The lowest BCUT2D eigenvalue weighted by Gasteiger charge is -2.48. The number of hydrogen-bond donors (Lipinski definition) is 1. The minimum Gasteiger partial charge on any atom is -0.489 e. The normalized spacial score (nSPS) is 16.4. The number of ether oxygens (including phenoxy) is 1. The second-order valence-electron chi connectivity index (χ2n) is 10.9. The molecule has 42 heavy (non-hydrogen) atoms. The molecule has 0 spiro atoms. The fourth-order valence-electron chi connectivity index (χ4n) is 5.37. The van der Waals surface area contributed by atoms with Crippen LogP contribution in [-0.2, 0) is 22.0 Å². The number of aliphatic hydroxyl groups is 1. The van der Waals surface area contributed by atoms with Crippen molar-refractivity contribution in [3.05, 3.63) is 92.6 Å². The van der Waals surface area contributed by atoms with E-state index in [4.69, 9.17) is 44.1 Å². The van der Waals surface area contributed by atoms with Crippen molar-refractivity contribution in [1.29, 1.82) is 0 Å². The third-order valence-electron chi connectivity index (χ3n) is 7.71. The Morgan fingerprint density at radius 3 is 2.40 bits per heavy atom. The van der Waals surface area contributed by atoms with Crippen molar-refractivity contribution in [2.24, 2.45) is 0 Å². The lowest BCUT2D eigenvalue weighted by Crippen LogP contribution is -2.59. The van der Waals surface area contributed by atoms with Crippen LogP contribution < -0.4 is 9.64 Å². The molecule has 1 saturated heterocycles. The summed E-state index contributed by atoms with van der Waals surface area (Å²) in [5.74, 6) is 1.69. The zero-order valence-electron chi connectivity index (χ0n) is 22.8. The van der Waals surface area contributed by atoms with E-state index in [9.17, 15) is 13.5 Å². The van der Waals surface area contributed by atoms with Gasteiger partial charge in [0.15, 0.2) is 9.84 Å². The predicted molar refractivity (Wildman–Crippen MR) is 165 cm³/mol. The van der Waals surface area contributed by atoms with Crippen LogP contribution in [0.5, 0.6) is 5.75 Å². The molecule has 220 valence electrons. The first-order chi connectivity index (χ1) is 20.1. The maximum atomic E-state index is 12.5. The van der Waals surface area contributed by atoms with Crippen LogP contribution in [0.3, 0.4) is 0 Å². The van der Waals surface area contributed by atoms with Crippen molar-refractivity contribution < 1.29 is 22.8 Å². The molecule has 0 unspecified atom stereocenters. The summed E-state index contributed by atoms with van der Waals surface area (Å²) >= 11 is 19.6. The number of β-amino-alcohol motifs (C(OH)–C–C–N with tert-alkyl or cyclic N) is 1. The summed E-state index contributed by atoms with van der Waals surface area (Å²) in [6, 6.07) is 17.3. The fraction of sp³-hybridized carbons (Fsp3) is 0.323. The maximum Gasteiger partial charge on any atom is 0.178 e. The molecule has 7 nitrogen and oxygen atoms in total. The van der Waals surface area contributed by atoms with Crippen molar-refractivity contribution in [2.75, 3.05) is 23.7 Å². The topological polar surface area (TPSA) is 92.9 Å². The Morgan fingerprint density at radius 1 is 1.02 bits per heavy atom. The van der Waals surface area contributed by atoms with Crippen LogP contribution in [0.25, 0.3) is 11.3 Å². The van der Waals surface area contributed by atoms with Crippen molar-refractivity contribution in [3.63, 3.8) is 0 Å². The number of rotatable bonds is 10. The molecule has 0 atom stereocenters. The van der Waals surface area contributed by atoms with Gasteiger partial charge in [0, 0.05) is 22.7 Å². The van der Waals surface area contributed by atoms with Crippen LogP contribution in [0.4, 0.5) is 5.69 Å². The Bertz CT molecular complexity index is 1730. The average molecular weight is 648 g/mol. The van der Waals surface area contributed by atoms with Crippen LogP contribution in [0.15, 0.2) is 70.1 Å². The largest absolute Gasteiger partial charge is 0.489 e. The van der Waals surface area contributed by atoms with Crippen molar-refractivity contribution in [2.45, 2.75) is 49.2 Å². The number of halogens is 3. The van der Waals surface area contributed by atoms with Gasteiger partial charge in [-0.15, -0.1) is 0 Å². The van der Waals surface area contributed by atoms with Gasteiger partial charge in [0.25, 0.3) is 0 Å². The van der Waals surface area contributed by atoms with Gasteiger partial charge in [-0.2, -0.15) is 0 Å². The highest BCUT2D eigenvalue weighted by atomic mass is 35.5. The van der Waals surface area contributed by atoms with Gasteiger partial charge in [-0.1, -0.05) is 65.1 Å². The molecule has 1 aliphatic carbocycles. The Balaban J connectivity index is 1.17. The molecule has 1 N–H and O–H groups in total. The molecule has 1 saturated carbocycles. The van der Waals surface area contributed by atoms with E-state index in [1.807, 2.05) is 17.9 Å². The van der Waals surface area contributed by atoms with E-state index >= 15 is 0 Å². The molecule has 2 aliphatic rings. The molecule has 2 heterocycles. The summed E-state index contributed by atoms with van der Waals surface area (Å²) in [4.78, 5) is 2.22. The standard InChI is InChI=1S/C31H29Cl3N2O5S/c1-2-13-42(38,39)22-6-3-5-20(14-22)36-17-31(37,18-36)24-12-11-21(15-27(24)34)40-16-23-29(35-41-30(23)19-9-10-19)28-25(32)7-4-8-26(28)33/h3-8,11-12,14-15,19,37H,2,9-10,13,16-18H2,1H3. The lowest BCUT2D eigenvalue weighted by atomic mass is 9.85. The minimum atomic E-state index is -3.34. The van der Waals surface area contributed by atoms with Crippen LogP contribution in [-0.4, -0.2) is 37.5 Å². The molecule has 0 bridgehead atoms. The number of hydrogen-bond acceptors (Lipinski definition) is 7. The van der Waals surface area contributed by atoms with E-state index in [0.29, 0.717) is 50.0 Å². The quantitative estimate of drug-likeness (QED) is 0.189. The smallest absolute Gasteiger partial charge is 0.178 e. The van der Waals surface area contributed by atoms with Gasteiger partial charge >= 0.3 is 0 Å². The highest BCUT2D eigenvalue weighted by Gasteiger charge is 2.44. The van der Waals surface area contributed by atoms with E-state index in [2.05, 4.69) is 5.16 Å². The number of sulfone groups is 1. The van der Waals surface area contributed by atoms with Crippen LogP contribution in [0.2, 0.25) is 15.1 Å². The molecular formula is C31H29Cl3N2O5S. The zero-order chi connectivity index (χ0) is 29.6. The van der Waals surface area contributed by atoms with E-state index in [1.54, 1.807) is 54.6 Å². The fourth-order valence-corrected chi connectivity index (χ4v) is 7.65. The first kappa shape index (κ1) is 29.3. The van der Waals surface area contributed by atoms with Crippen LogP contribution in [0.1, 0.15) is 49.0 Å². The number of nitrogens with zero attached hydrogens (tertiary/aromatic N) is 2. The monoisotopic (exact) mass is 646 g/mol. The van der Waals surface area contributed by atoms with Gasteiger partial charge in [-0.25, -0.2) is 8.42 Å². The van der Waals surface area contributed by atoms with Gasteiger partial charge in [0.1, 0.15) is 29.4 Å². The SMILES string of the molecule is CCCS(=O)(=O)c1cccc(N2CC(O)(c3ccc(OCc4c(-c5c(Cl)cccc5Cl)noc4C4CC4)cc3Cl)C2)c1. The molecule has 6 rings (SSSR count). The maximum absolute atomic E-state index is 12.5. The Morgan fingerprint density at radius 2 is 1.74 bits per heavy atom. The van der Waals surface area contributed by atoms with Crippen molar-refractivity contribution in [1.82, 2.24) is 5.16 Å². The van der Waals surface area contributed by atoms with Crippen molar-refractivity contribution in [3.8, 4) is 17.0 Å². The highest BCUT2D eigenvalue weighted by Crippen LogP contribution is 2.46. The molecule has 4 aromatic rings. The van der Waals surface area contributed by atoms with E-state index in [-0.39, 0.29) is 30.3 Å². The van der Waals surface area contributed by atoms with E-state index in [0.717, 1.165) is 29.9 Å². The van der Waals surface area contributed by atoms with Crippen LogP contribution in [0, 0.1) is 0 Å². The second-order valence-corrected chi connectivity index (χ2v) is 14.2. The van der Waals surface area contributed by atoms with Gasteiger partial charge in [-0.05, 0) is 61.7 Å². The molecule has 3 aromatic carbocycles. The van der Waals surface area contributed by atoms with Gasteiger partial charge in [0.05, 0.1) is 44.4 Å². The molecule has 2 fully saturated rings. The average Bonchev–Trinajstić information content (AvgIpc) is 3.70. The molecular weight excluding hydrogens is 619 g/mol. The number of aromatic nitrogens is 1. The predicted octanol–water partition coefficient (Wildman–Crippen LogP) is 7.65. The summed E-state index contributed by atoms with van der Waals surface area (Å²) in [5, 5.41) is 17.0. The number of benzene rings is 3. The summed E-state index contributed by atoms with van der Waals surface area (Å²) < 4.78 is 36.9. The third-order valence-corrected chi connectivity index (χ3v) is 10.6. The van der Waals surface area contributed by atoms with Gasteiger partial charge in [-0.3, -0.25) is 0 Å². The van der Waals surface area contributed by atoms with Gasteiger partial charge < -0.3 is 19.3 Å². The van der Waals surface area contributed by atoms with Crippen LogP contribution >= 0.6 is 34.8 Å². The van der Waals surface area contributed by atoms with Crippen molar-refractivity contribution >= 4 is 50.3 Å². The minimum absolute atomic E-state index is 0.0957. The molecule has 1 aliphatic heterocycles. The molecule has 0 amide bonds. The van der Waals surface area contributed by atoms with Gasteiger partial charge in [0.2, 0.25) is 0 Å². The molecule has 1 aromatic heterocycles. The highest BCUT2D eigenvalue weighted by molar-refractivity contribution is 7.91. The Kier molecular flexibility index (Phi) is 7.96. The van der Waals surface area contributed by atoms with E-state index < -0.39 is 15.4 Å².